The van der Waals surface area contributed by atoms with E-state index in [2.05, 4.69) is 27.7 Å². The molecule has 2 aromatic carbocycles. The van der Waals surface area contributed by atoms with Crippen molar-refractivity contribution in [2.24, 2.45) is 0 Å². The molecule has 2 rings (SSSR count). The molecule has 0 heterocycles. The van der Waals surface area contributed by atoms with E-state index in [-0.39, 0.29) is 6.03 Å². The molecule has 4 heteroatoms. The molecule has 0 unspecified atom stereocenters. The number of benzene rings is 2. The van der Waals surface area contributed by atoms with Crippen LogP contribution < -0.4 is 10.6 Å². The number of likely N-dealkylation sites (N-methyl/N-ethyl adjacent to an activating group) is 1. The molecule has 0 atom stereocenters. The van der Waals surface area contributed by atoms with Crippen molar-refractivity contribution in [1.82, 2.24) is 10.2 Å². The van der Waals surface area contributed by atoms with Crippen LogP contribution in [0.25, 0.3) is 0 Å². The van der Waals surface area contributed by atoms with Gasteiger partial charge in [0.15, 0.2) is 0 Å². The Labute approximate surface area is 132 Å². The standard InChI is InChI=1S/C18H23N3O/c1-15-7-6-10-17(13-15)20-18(22)19-11-12-21(2)14-16-8-4-3-5-9-16/h3-10,13H,11-12,14H2,1-2H3,(H2,19,20,22). The summed E-state index contributed by atoms with van der Waals surface area (Å²) < 4.78 is 0. The number of carbonyl (C=O) groups excluding carboxylic acids is 1. The van der Waals surface area contributed by atoms with Gasteiger partial charge < -0.3 is 15.5 Å². The topological polar surface area (TPSA) is 44.4 Å². The second-order valence-corrected chi connectivity index (χ2v) is 5.47. The monoisotopic (exact) mass is 297 g/mol. The van der Waals surface area contributed by atoms with Gasteiger partial charge in [0.2, 0.25) is 0 Å². The predicted octanol–water partition coefficient (Wildman–Crippen LogP) is 3.25. The van der Waals surface area contributed by atoms with Gasteiger partial charge in [-0.3, -0.25) is 0 Å². The molecule has 0 aromatic heterocycles. The Morgan fingerprint density at radius 3 is 2.59 bits per heavy atom. The van der Waals surface area contributed by atoms with E-state index in [1.165, 1.54) is 5.56 Å². The van der Waals surface area contributed by atoms with Crippen LogP contribution in [0.2, 0.25) is 0 Å². The summed E-state index contributed by atoms with van der Waals surface area (Å²) in [5.74, 6) is 0. The number of nitrogens with one attached hydrogen (secondary N) is 2. The quantitative estimate of drug-likeness (QED) is 0.859. The summed E-state index contributed by atoms with van der Waals surface area (Å²) in [7, 11) is 2.05. The van der Waals surface area contributed by atoms with Crippen molar-refractivity contribution in [2.75, 3.05) is 25.5 Å². The predicted molar refractivity (Wildman–Crippen MR) is 91.0 cm³/mol. The maximum absolute atomic E-state index is 11.8. The normalized spacial score (nSPS) is 10.5. The molecule has 2 amide bonds. The average molecular weight is 297 g/mol. The Balaban J connectivity index is 1.68. The van der Waals surface area contributed by atoms with E-state index in [1.54, 1.807) is 0 Å². The molecular formula is C18H23N3O. The minimum Gasteiger partial charge on any atom is -0.337 e. The highest BCUT2D eigenvalue weighted by Crippen LogP contribution is 2.08. The molecule has 116 valence electrons. The summed E-state index contributed by atoms with van der Waals surface area (Å²) in [5.41, 5.74) is 3.21. The van der Waals surface area contributed by atoms with Crippen LogP contribution in [0, 0.1) is 6.92 Å². The van der Waals surface area contributed by atoms with Gasteiger partial charge in [0.25, 0.3) is 0 Å². The average Bonchev–Trinajstić information content (AvgIpc) is 2.48. The minimum atomic E-state index is -0.168. The molecule has 0 bridgehead atoms. The molecule has 4 nitrogen and oxygen atoms in total. The Bertz CT molecular complexity index is 598. The van der Waals surface area contributed by atoms with Gasteiger partial charge in [0.05, 0.1) is 0 Å². The van der Waals surface area contributed by atoms with Gasteiger partial charge in [0, 0.05) is 25.3 Å². The Kier molecular flexibility index (Phi) is 5.98. The van der Waals surface area contributed by atoms with E-state index >= 15 is 0 Å². The number of urea groups is 1. The first-order valence-electron chi connectivity index (χ1n) is 7.47. The third-order valence-electron chi connectivity index (χ3n) is 3.35. The molecule has 22 heavy (non-hydrogen) atoms. The van der Waals surface area contributed by atoms with Crippen molar-refractivity contribution in [1.29, 1.82) is 0 Å². The highest BCUT2D eigenvalue weighted by Gasteiger charge is 2.03. The maximum atomic E-state index is 11.8. The lowest BCUT2D eigenvalue weighted by Gasteiger charge is -2.17. The molecule has 0 saturated heterocycles. The van der Waals surface area contributed by atoms with Crippen molar-refractivity contribution in [2.45, 2.75) is 13.5 Å². The number of carbonyl (C=O) groups is 1. The number of nitrogens with zero attached hydrogens (tertiary/aromatic N) is 1. The van der Waals surface area contributed by atoms with Gasteiger partial charge in [-0.15, -0.1) is 0 Å². The van der Waals surface area contributed by atoms with Crippen LogP contribution in [0.3, 0.4) is 0 Å². The molecule has 0 spiro atoms. The summed E-state index contributed by atoms with van der Waals surface area (Å²) >= 11 is 0. The first-order chi connectivity index (χ1) is 10.6. The molecular weight excluding hydrogens is 274 g/mol. The highest BCUT2D eigenvalue weighted by molar-refractivity contribution is 5.89. The second kappa shape index (κ2) is 8.20. The molecule has 0 aliphatic rings. The van der Waals surface area contributed by atoms with E-state index in [0.717, 1.165) is 24.3 Å². The number of aryl methyl sites for hydroxylation is 1. The molecule has 0 fully saturated rings. The summed E-state index contributed by atoms with van der Waals surface area (Å²) in [6.45, 7) is 4.29. The molecule has 0 saturated carbocycles. The molecule has 0 aliphatic heterocycles. The fourth-order valence-electron chi connectivity index (χ4n) is 2.23. The third-order valence-corrected chi connectivity index (χ3v) is 3.35. The van der Waals surface area contributed by atoms with E-state index in [4.69, 9.17) is 0 Å². The van der Waals surface area contributed by atoms with E-state index < -0.39 is 0 Å². The smallest absolute Gasteiger partial charge is 0.319 e. The van der Waals surface area contributed by atoms with Gasteiger partial charge in [0.1, 0.15) is 0 Å². The number of rotatable bonds is 6. The highest BCUT2D eigenvalue weighted by atomic mass is 16.2. The number of hydrogen-bond donors (Lipinski definition) is 2. The summed E-state index contributed by atoms with van der Waals surface area (Å²) in [6, 6.07) is 17.9. The molecule has 0 aliphatic carbocycles. The largest absolute Gasteiger partial charge is 0.337 e. The Morgan fingerprint density at radius 2 is 1.86 bits per heavy atom. The van der Waals surface area contributed by atoms with Crippen molar-refractivity contribution in [3.05, 3.63) is 65.7 Å². The molecule has 2 N–H and O–H groups in total. The second-order valence-electron chi connectivity index (χ2n) is 5.47. The zero-order valence-electron chi connectivity index (χ0n) is 13.2. The van der Waals surface area contributed by atoms with Gasteiger partial charge in [-0.2, -0.15) is 0 Å². The van der Waals surface area contributed by atoms with E-state index in [9.17, 15) is 4.79 Å². The maximum Gasteiger partial charge on any atom is 0.319 e. The summed E-state index contributed by atoms with van der Waals surface area (Å²) in [6.07, 6.45) is 0. The van der Waals surface area contributed by atoms with Crippen LogP contribution in [0.5, 0.6) is 0 Å². The van der Waals surface area contributed by atoms with E-state index in [0.29, 0.717) is 6.54 Å². The number of hydrogen-bond acceptors (Lipinski definition) is 2. The Morgan fingerprint density at radius 1 is 1.09 bits per heavy atom. The van der Waals surface area contributed by atoms with Crippen molar-refractivity contribution < 1.29 is 4.79 Å². The Hall–Kier alpha value is -2.33. The first kappa shape index (κ1) is 16.0. The van der Waals surface area contributed by atoms with Crippen LogP contribution in [0.15, 0.2) is 54.6 Å². The zero-order chi connectivity index (χ0) is 15.8. The van der Waals surface area contributed by atoms with Gasteiger partial charge in [-0.25, -0.2) is 4.79 Å². The van der Waals surface area contributed by atoms with Crippen LogP contribution >= 0.6 is 0 Å². The lowest BCUT2D eigenvalue weighted by atomic mass is 10.2. The number of amides is 2. The van der Waals surface area contributed by atoms with Gasteiger partial charge >= 0.3 is 6.03 Å². The van der Waals surface area contributed by atoms with Crippen LogP contribution in [0.4, 0.5) is 10.5 Å². The lowest BCUT2D eigenvalue weighted by Crippen LogP contribution is -2.35. The first-order valence-corrected chi connectivity index (χ1v) is 7.47. The summed E-state index contributed by atoms with van der Waals surface area (Å²) in [4.78, 5) is 14.0. The van der Waals surface area contributed by atoms with Crippen molar-refractivity contribution in [3.63, 3.8) is 0 Å². The SMILES string of the molecule is Cc1cccc(NC(=O)NCCN(C)Cc2ccccc2)c1. The van der Waals surface area contributed by atoms with Crippen molar-refractivity contribution in [3.8, 4) is 0 Å². The fourth-order valence-corrected chi connectivity index (χ4v) is 2.23. The molecule has 0 radical (unpaired) electrons. The number of anilines is 1. The van der Waals surface area contributed by atoms with Gasteiger partial charge in [-0.05, 0) is 37.2 Å². The minimum absolute atomic E-state index is 0.168. The van der Waals surface area contributed by atoms with Crippen LogP contribution in [-0.4, -0.2) is 31.1 Å². The fraction of sp³-hybridized carbons (Fsp3) is 0.278. The van der Waals surface area contributed by atoms with Crippen LogP contribution in [0.1, 0.15) is 11.1 Å². The van der Waals surface area contributed by atoms with Gasteiger partial charge in [-0.1, -0.05) is 42.5 Å². The third kappa shape index (κ3) is 5.58. The molecule has 2 aromatic rings. The lowest BCUT2D eigenvalue weighted by molar-refractivity contribution is 0.249. The van der Waals surface area contributed by atoms with Crippen molar-refractivity contribution >= 4 is 11.7 Å². The van der Waals surface area contributed by atoms with Crippen LogP contribution in [-0.2, 0) is 6.54 Å². The zero-order valence-corrected chi connectivity index (χ0v) is 13.2. The van der Waals surface area contributed by atoms with E-state index in [1.807, 2.05) is 56.4 Å². The summed E-state index contributed by atoms with van der Waals surface area (Å²) in [5, 5.41) is 5.71.